The molecule has 2 aliphatic heterocycles. The summed E-state index contributed by atoms with van der Waals surface area (Å²) in [6.07, 6.45) is 3.21. The summed E-state index contributed by atoms with van der Waals surface area (Å²) >= 11 is 1.59. The number of piperidine rings is 1. The third kappa shape index (κ3) is 3.84. The first-order chi connectivity index (χ1) is 9.26. The van der Waals surface area contributed by atoms with Crippen LogP contribution in [-0.4, -0.2) is 86.4 Å². The van der Waals surface area contributed by atoms with Crippen LogP contribution in [0.5, 0.6) is 0 Å². The van der Waals surface area contributed by atoms with E-state index < -0.39 is 0 Å². The highest BCUT2D eigenvalue weighted by molar-refractivity contribution is 7.99. The predicted octanol–water partition coefficient (Wildman–Crippen LogP) is 0.298. The van der Waals surface area contributed by atoms with Crippen LogP contribution in [0.2, 0.25) is 0 Å². The van der Waals surface area contributed by atoms with Crippen molar-refractivity contribution in [2.45, 2.75) is 18.6 Å². The number of fused-ring (bicyclic) bond motifs is 1. The number of nitrogens with zero attached hydrogens (tertiary/aromatic N) is 2. The molecule has 2 rings (SSSR count). The molecule has 0 radical (unpaired) electrons. The molecule has 2 aliphatic rings. The van der Waals surface area contributed by atoms with Crippen molar-refractivity contribution in [3.05, 3.63) is 0 Å². The van der Waals surface area contributed by atoms with Crippen molar-refractivity contribution in [2.24, 2.45) is 0 Å². The molecule has 0 aromatic rings. The first-order valence-electron chi connectivity index (χ1n) is 6.87. The molecule has 0 aromatic carbocycles. The molecule has 0 saturated carbocycles. The maximum Gasteiger partial charge on any atom is 0.232 e. The molecule has 5 nitrogen and oxygen atoms in total. The Morgan fingerprint density at radius 2 is 2.32 bits per heavy atom. The fraction of sp³-hybridized carbons (Fsp3) is 0.923. The van der Waals surface area contributed by atoms with E-state index >= 15 is 0 Å². The Hall–Kier alpha value is -0.300. The molecule has 110 valence electrons. The van der Waals surface area contributed by atoms with Gasteiger partial charge >= 0.3 is 0 Å². The molecule has 6 heteroatoms. The second-order valence-corrected chi connectivity index (χ2v) is 5.93. The third-order valence-electron chi connectivity index (χ3n) is 3.90. The first-order valence-corrected chi connectivity index (χ1v) is 8.27. The topological polar surface area (TPSA) is 42.0 Å². The number of carbonyl (C=O) groups is 1. The van der Waals surface area contributed by atoms with Crippen LogP contribution in [-0.2, 0) is 14.3 Å². The van der Waals surface area contributed by atoms with Crippen LogP contribution in [0.15, 0.2) is 0 Å². The Kier molecular flexibility index (Phi) is 5.94. The highest BCUT2D eigenvalue weighted by Crippen LogP contribution is 2.23. The van der Waals surface area contributed by atoms with E-state index in [9.17, 15) is 4.79 Å². The van der Waals surface area contributed by atoms with E-state index in [-0.39, 0.29) is 12.0 Å². The minimum absolute atomic E-state index is 0.253. The molecule has 19 heavy (non-hydrogen) atoms. The number of rotatable bonds is 5. The van der Waals surface area contributed by atoms with Crippen LogP contribution in [0.25, 0.3) is 0 Å². The molecule has 2 atom stereocenters. The van der Waals surface area contributed by atoms with Gasteiger partial charge in [-0.15, -0.1) is 0 Å². The van der Waals surface area contributed by atoms with Crippen LogP contribution < -0.4 is 0 Å². The largest absolute Gasteiger partial charge is 0.383 e. The Bertz CT molecular complexity index is 304. The summed E-state index contributed by atoms with van der Waals surface area (Å²) in [4.78, 5) is 16.4. The number of likely N-dealkylation sites (tertiary alicyclic amines) is 1. The number of carbonyl (C=O) groups excluding carboxylic acids is 1. The van der Waals surface area contributed by atoms with Gasteiger partial charge in [0.25, 0.3) is 0 Å². The summed E-state index contributed by atoms with van der Waals surface area (Å²) < 4.78 is 11.0. The van der Waals surface area contributed by atoms with Gasteiger partial charge in [0.15, 0.2) is 0 Å². The highest BCUT2D eigenvalue weighted by atomic mass is 32.2. The van der Waals surface area contributed by atoms with Crippen molar-refractivity contribution in [3.8, 4) is 0 Å². The summed E-state index contributed by atoms with van der Waals surface area (Å²) in [6, 6.07) is 0.337. The van der Waals surface area contributed by atoms with Crippen LogP contribution in [0.4, 0.5) is 0 Å². The van der Waals surface area contributed by atoms with E-state index in [2.05, 4.69) is 4.90 Å². The Balaban J connectivity index is 1.94. The zero-order valence-corrected chi connectivity index (χ0v) is 12.7. The van der Waals surface area contributed by atoms with Crippen molar-refractivity contribution in [1.29, 1.82) is 0 Å². The monoisotopic (exact) mass is 288 g/mol. The third-order valence-corrected chi connectivity index (χ3v) is 4.44. The molecule has 0 N–H and O–H groups in total. The van der Waals surface area contributed by atoms with E-state index in [1.807, 2.05) is 11.2 Å². The lowest BCUT2D eigenvalue weighted by Gasteiger charge is -2.47. The molecule has 2 saturated heterocycles. The van der Waals surface area contributed by atoms with Crippen LogP contribution >= 0.6 is 11.8 Å². The summed E-state index contributed by atoms with van der Waals surface area (Å²) in [5, 5.41) is 0. The van der Waals surface area contributed by atoms with Gasteiger partial charge in [-0.05, 0) is 12.7 Å². The lowest BCUT2D eigenvalue weighted by Crippen LogP contribution is -2.61. The van der Waals surface area contributed by atoms with Gasteiger partial charge in [-0.1, -0.05) is 0 Å². The summed E-state index contributed by atoms with van der Waals surface area (Å²) in [6.45, 7) is 5.03. The molecule has 0 spiro atoms. The second kappa shape index (κ2) is 7.47. The van der Waals surface area contributed by atoms with Crippen molar-refractivity contribution in [2.75, 3.05) is 58.5 Å². The van der Waals surface area contributed by atoms with E-state index in [1.54, 1.807) is 18.9 Å². The average molecular weight is 288 g/mol. The fourth-order valence-electron chi connectivity index (χ4n) is 2.87. The minimum Gasteiger partial charge on any atom is -0.383 e. The Morgan fingerprint density at radius 1 is 1.47 bits per heavy atom. The average Bonchev–Trinajstić information content (AvgIpc) is 2.44. The lowest BCUT2D eigenvalue weighted by molar-refractivity contribution is -0.140. The lowest BCUT2D eigenvalue weighted by atomic mass is 9.98. The first kappa shape index (κ1) is 15.1. The van der Waals surface area contributed by atoms with Gasteiger partial charge in [0.2, 0.25) is 5.91 Å². The van der Waals surface area contributed by atoms with Gasteiger partial charge in [-0.3, -0.25) is 9.69 Å². The maximum atomic E-state index is 12.0. The standard InChI is InChI=1S/C13H24N2O3S/c1-17-7-5-14-6-8-18-12-3-4-15(9-11(12)14)13(16)10-19-2/h11-12H,3-10H2,1-2H3/t11-,12-/m0/s1. The Morgan fingerprint density at radius 3 is 3.05 bits per heavy atom. The normalized spacial score (nSPS) is 28.2. The fourth-order valence-corrected chi connectivity index (χ4v) is 3.30. The van der Waals surface area contributed by atoms with Gasteiger partial charge in [-0.2, -0.15) is 11.8 Å². The number of methoxy groups -OCH3 is 1. The van der Waals surface area contributed by atoms with Crippen LogP contribution in [0.1, 0.15) is 6.42 Å². The van der Waals surface area contributed by atoms with Crippen molar-refractivity contribution in [1.82, 2.24) is 9.80 Å². The van der Waals surface area contributed by atoms with Gasteiger partial charge in [0, 0.05) is 33.3 Å². The molecule has 1 amide bonds. The molecule has 0 aliphatic carbocycles. The summed E-state index contributed by atoms with van der Waals surface area (Å²) in [5.74, 6) is 0.833. The molecule has 2 heterocycles. The van der Waals surface area contributed by atoms with Crippen LogP contribution in [0, 0.1) is 0 Å². The molecule has 0 bridgehead atoms. The zero-order chi connectivity index (χ0) is 13.7. The molecular weight excluding hydrogens is 264 g/mol. The van der Waals surface area contributed by atoms with Gasteiger partial charge < -0.3 is 14.4 Å². The second-order valence-electron chi connectivity index (χ2n) is 5.07. The predicted molar refractivity (Wildman–Crippen MR) is 76.6 cm³/mol. The van der Waals surface area contributed by atoms with E-state index in [4.69, 9.17) is 9.47 Å². The maximum absolute atomic E-state index is 12.0. The quantitative estimate of drug-likeness (QED) is 0.728. The molecule has 0 unspecified atom stereocenters. The highest BCUT2D eigenvalue weighted by Gasteiger charge is 2.37. The van der Waals surface area contributed by atoms with Crippen molar-refractivity contribution < 1.29 is 14.3 Å². The molecular formula is C13H24N2O3S. The number of hydrogen-bond donors (Lipinski definition) is 0. The zero-order valence-electron chi connectivity index (χ0n) is 11.8. The number of amides is 1. The van der Waals surface area contributed by atoms with Crippen LogP contribution in [0.3, 0.4) is 0 Å². The number of hydrogen-bond acceptors (Lipinski definition) is 5. The minimum atomic E-state index is 0.253. The molecule has 0 aromatic heterocycles. The van der Waals surface area contributed by atoms with Crippen molar-refractivity contribution in [3.63, 3.8) is 0 Å². The number of ether oxygens (including phenoxy) is 2. The number of morpholine rings is 1. The summed E-state index contributed by atoms with van der Waals surface area (Å²) in [7, 11) is 1.73. The van der Waals surface area contributed by atoms with E-state index in [1.165, 1.54) is 0 Å². The smallest absolute Gasteiger partial charge is 0.232 e. The van der Waals surface area contributed by atoms with E-state index in [0.29, 0.717) is 11.8 Å². The van der Waals surface area contributed by atoms with Crippen molar-refractivity contribution >= 4 is 17.7 Å². The molecule has 2 fully saturated rings. The van der Waals surface area contributed by atoms with Gasteiger partial charge in [0.1, 0.15) is 0 Å². The Labute approximate surface area is 119 Å². The SMILES string of the molecule is COCCN1CCO[C@H]2CCN(C(=O)CSC)C[C@@H]21. The number of thioether (sulfide) groups is 1. The van der Waals surface area contributed by atoms with Gasteiger partial charge in [-0.25, -0.2) is 0 Å². The summed E-state index contributed by atoms with van der Waals surface area (Å²) in [5.41, 5.74) is 0. The van der Waals surface area contributed by atoms with E-state index in [0.717, 1.165) is 45.8 Å². The van der Waals surface area contributed by atoms with Gasteiger partial charge in [0.05, 0.1) is 31.1 Å².